The highest BCUT2D eigenvalue weighted by Crippen LogP contribution is 2.30. The van der Waals surface area contributed by atoms with Crippen LogP contribution in [-0.4, -0.2) is 11.5 Å². The number of hydrogen-bond donors (Lipinski definition) is 2. The fourth-order valence-electron chi connectivity index (χ4n) is 2.17. The van der Waals surface area contributed by atoms with Gasteiger partial charge in [-0.15, -0.1) is 11.3 Å². The number of thiophene rings is 1. The fraction of sp³-hybridized carbons (Fsp3) is 0.133. The molecule has 3 aromatic rings. The molecule has 0 amide bonds. The molecule has 0 aliphatic heterocycles. The van der Waals surface area contributed by atoms with E-state index in [9.17, 15) is 0 Å². The normalized spacial score (nSPS) is 11.0. The molecule has 0 aliphatic rings. The first-order valence-electron chi connectivity index (χ1n) is 6.45. The lowest BCUT2D eigenvalue weighted by molar-refractivity contribution is 1.05. The van der Waals surface area contributed by atoms with E-state index < -0.39 is 0 Å². The highest BCUT2D eigenvalue weighted by molar-refractivity contribution is 9.11. The Balaban J connectivity index is 1.82. The Morgan fingerprint density at radius 1 is 1.19 bits per heavy atom. The number of fused-ring (bicyclic) bond motifs is 1. The van der Waals surface area contributed by atoms with E-state index in [4.69, 9.17) is 5.73 Å². The van der Waals surface area contributed by atoms with Crippen molar-refractivity contribution in [1.82, 2.24) is 4.98 Å². The molecular weight excluding hydrogens is 414 g/mol. The van der Waals surface area contributed by atoms with Crippen LogP contribution in [0, 0.1) is 0 Å². The lowest BCUT2D eigenvalue weighted by Crippen LogP contribution is -2.07. The Kier molecular flexibility index (Phi) is 4.47. The first kappa shape index (κ1) is 14.8. The topological polar surface area (TPSA) is 50.9 Å². The predicted octanol–water partition coefficient (Wildman–Crippen LogP) is 5.06. The summed E-state index contributed by atoms with van der Waals surface area (Å²) < 4.78 is 2.18. The van der Waals surface area contributed by atoms with Crippen LogP contribution in [0.1, 0.15) is 4.88 Å². The summed E-state index contributed by atoms with van der Waals surface area (Å²) in [6.07, 6.45) is 2.67. The maximum atomic E-state index is 6.08. The number of pyridine rings is 1. The number of halogens is 2. The van der Waals surface area contributed by atoms with E-state index in [1.807, 2.05) is 18.2 Å². The van der Waals surface area contributed by atoms with Crippen LogP contribution in [0.25, 0.3) is 10.9 Å². The minimum atomic E-state index is 0.674. The standard InChI is InChI=1S/C15H13Br2N3S/c16-9-1-3-13-11(7-9)15(12(18)8-20-13)19-6-5-10-2-4-14(17)21-10/h1-4,7-8H,5-6,18H2,(H,19,20). The first-order chi connectivity index (χ1) is 10.1. The molecule has 0 radical (unpaired) electrons. The number of rotatable bonds is 4. The Labute approximate surface area is 143 Å². The molecule has 0 saturated carbocycles. The van der Waals surface area contributed by atoms with Crippen molar-refractivity contribution < 1.29 is 0 Å². The molecule has 6 heteroatoms. The lowest BCUT2D eigenvalue weighted by atomic mass is 10.1. The number of nitrogen functional groups attached to an aromatic ring is 1. The smallest absolute Gasteiger partial charge is 0.0743 e. The second-order valence-corrected chi connectivity index (χ2v) is 8.10. The molecule has 3 nitrogen and oxygen atoms in total. The van der Waals surface area contributed by atoms with E-state index in [-0.39, 0.29) is 0 Å². The predicted molar refractivity (Wildman–Crippen MR) is 98.1 cm³/mol. The first-order valence-corrected chi connectivity index (χ1v) is 8.85. The second kappa shape index (κ2) is 6.34. The van der Waals surface area contributed by atoms with Crippen LogP contribution < -0.4 is 11.1 Å². The zero-order chi connectivity index (χ0) is 14.8. The van der Waals surface area contributed by atoms with Gasteiger partial charge in [-0.2, -0.15) is 0 Å². The zero-order valence-corrected chi connectivity index (χ0v) is 15.1. The van der Waals surface area contributed by atoms with Gasteiger partial charge < -0.3 is 11.1 Å². The Morgan fingerprint density at radius 3 is 2.81 bits per heavy atom. The Bertz CT molecular complexity index is 780. The number of aromatic nitrogens is 1. The van der Waals surface area contributed by atoms with Gasteiger partial charge in [-0.3, -0.25) is 4.98 Å². The number of hydrogen-bond acceptors (Lipinski definition) is 4. The van der Waals surface area contributed by atoms with Gasteiger partial charge in [0.2, 0.25) is 0 Å². The molecule has 2 heterocycles. The molecule has 0 fully saturated rings. The molecule has 0 aliphatic carbocycles. The minimum absolute atomic E-state index is 0.674. The van der Waals surface area contributed by atoms with Crippen LogP contribution in [0.4, 0.5) is 11.4 Å². The SMILES string of the molecule is Nc1cnc2ccc(Br)cc2c1NCCc1ccc(Br)s1. The van der Waals surface area contributed by atoms with Gasteiger partial charge in [-0.25, -0.2) is 0 Å². The van der Waals surface area contributed by atoms with Crippen LogP contribution in [-0.2, 0) is 6.42 Å². The summed E-state index contributed by atoms with van der Waals surface area (Å²) in [4.78, 5) is 5.70. The van der Waals surface area contributed by atoms with Crippen molar-refractivity contribution in [3.05, 3.63) is 49.7 Å². The van der Waals surface area contributed by atoms with Crippen molar-refractivity contribution in [2.24, 2.45) is 0 Å². The van der Waals surface area contributed by atoms with Crippen LogP contribution in [0.3, 0.4) is 0 Å². The zero-order valence-electron chi connectivity index (χ0n) is 11.1. The Hall–Kier alpha value is -1.11. The summed E-state index contributed by atoms with van der Waals surface area (Å²) in [6.45, 7) is 0.836. The number of nitrogens with zero attached hydrogens (tertiary/aromatic N) is 1. The highest BCUT2D eigenvalue weighted by Gasteiger charge is 2.07. The third-order valence-electron chi connectivity index (χ3n) is 3.16. The molecule has 0 atom stereocenters. The van der Waals surface area contributed by atoms with Gasteiger partial charge in [0.05, 0.1) is 26.9 Å². The third kappa shape index (κ3) is 3.39. The van der Waals surface area contributed by atoms with Gasteiger partial charge in [0, 0.05) is 21.3 Å². The summed E-state index contributed by atoms with van der Waals surface area (Å²) in [7, 11) is 0. The number of anilines is 2. The van der Waals surface area contributed by atoms with Crippen molar-refractivity contribution in [2.45, 2.75) is 6.42 Å². The molecule has 0 saturated heterocycles. The van der Waals surface area contributed by atoms with Gasteiger partial charge in [-0.05, 0) is 52.7 Å². The summed E-state index contributed by atoms with van der Waals surface area (Å²) in [5.74, 6) is 0. The highest BCUT2D eigenvalue weighted by atomic mass is 79.9. The molecule has 1 aromatic carbocycles. The van der Waals surface area contributed by atoms with Crippen LogP contribution in [0.15, 0.2) is 44.8 Å². The maximum Gasteiger partial charge on any atom is 0.0743 e. The van der Waals surface area contributed by atoms with E-state index >= 15 is 0 Å². The lowest BCUT2D eigenvalue weighted by Gasteiger charge is -2.12. The summed E-state index contributed by atoms with van der Waals surface area (Å²) >= 11 is 8.74. The van der Waals surface area contributed by atoms with Gasteiger partial charge in [-0.1, -0.05) is 15.9 Å². The van der Waals surface area contributed by atoms with Gasteiger partial charge >= 0.3 is 0 Å². The molecule has 21 heavy (non-hydrogen) atoms. The van der Waals surface area contributed by atoms with E-state index in [0.29, 0.717) is 5.69 Å². The van der Waals surface area contributed by atoms with E-state index in [1.165, 1.54) is 4.88 Å². The van der Waals surface area contributed by atoms with Crippen LogP contribution >= 0.6 is 43.2 Å². The number of nitrogens with one attached hydrogen (secondary N) is 1. The van der Waals surface area contributed by atoms with Gasteiger partial charge in [0.15, 0.2) is 0 Å². The number of nitrogens with two attached hydrogens (primary N) is 1. The third-order valence-corrected chi connectivity index (χ3v) is 5.34. The van der Waals surface area contributed by atoms with Crippen molar-refractivity contribution >= 4 is 65.5 Å². The quantitative estimate of drug-likeness (QED) is 0.613. The average Bonchev–Trinajstić information content (AvgIpc) is 2.87. The average molecular weight is 427 g/mol. The van der Waals surface area contributed by atoms with E-state index in [2.05, 4.69) is 54.3 Å². The molecule has 3 rings (SSSR count). The summed E-state index contributed by atoms with van der Waals surface area (Å²) in [5, 5.41) is 4.49. The molecule has 0 bridgehead atoms. The van der Waals surface area contributed by atoms with Gasteiger partial charge in [0.1, 0.15) is 0 Å². The molecule has 2 aromatic heterocycles. The van der Waals surface area contributed by atoms with Gasteiger partial charge in [0.25, 0.3) is 0 Å². The van der Waals surface area contributed by atoms with Crippen molar-refractivity contribution in [3.63, 3.8) is 0 Å². The van der Waals surface area contributed by atoms with E-state index in [1.54, 1.807) is 17.5 Å². The van der Waals surface area contributed by atoms with Crippen molar-refractivity contribution in [2.75, 3.05) is 17.6 Å². The molecule has 3 N–H and O–H groups in total. The number of benzene rings is 1. The molecule has 0 spiro atoms. The van der Waals surface area contributed by atoms with Crippen molar-refractivity contribution in [3.8, 4) is 0 Å². The second-order valence-electron chi connectivity index (χ2n) is 4.63. The van der Waals surface area contributed by atoms with Crippen molar-refractivity contribution in [1.29, 1.82) is 0 Å². The monoisotopic (exact) mass is 425 g/mol. The fourth-order valence-corrected chi connectivity index (χ4v) is 4.02. The maximum absolute atomic E-state index is 6.08. The van der Waals surface area contributed by atoms with E-state index in [0.717, 1.165) is 37.8 Å². The van der Waals surface area contributed by atoms with Crippen LogP contribution in [0.5, 0.6) is 0 Å². The molecule has 108 valence electrons. The molecular formula is C15H13Br2N3S. The largest absolute Gasteiger partial charge is 0.396 e. The summed E-state index contributed by atoms with van der Waals surface area (Å²) in [5.41, 5.74) is 8.64. The molecule has 0 unspecified atom stereocenters. The van der Waals surface area contributed by atoms with Crippen LogP contribution in [0.2, 0.25) is 0 Å². The Morgan fingerprint density at radius 2 is 2.05 bits per heavy atom. The minimum Gasteiger partial charge on any atom is -0.396 e. The summed E-state index contributed by atoms with van der Waals surface area (Å²) in [6, 6.07) is 10.2.